The maximum Gasteiger partial charge on any atom is 0.414 e. The number of nitrogens with one attached hydrogen (secondary N) is 1. The molecule has 4 nitrogen and oxygen atoms in total. The van der Waals surface area contributed by atoms with Crippen LogP contribution >= 0.6 is 28.3 Å². The molecular formula is C13H16BrClN2O2. The molecule has 0 radical (unpaired) electrons. The number of carbonyl (C=O) groups is 1. The summed E-state index contributed by atoms with van der Waals surface area (Å²) in [5, 5.41) is 3.32. The second-order valence-corrected chi connectivity index (χ2v) is 5.50. The molecule has 1 fully saturated rings. The fraction of sp³-hybridized carbons (Fsp3) is 0.462. The Hall–Kier alpha value is -0.780. The molecule has 1 aromatic rings. The molecule has 0 spiro atoms. The van der Waals surface area contributed by atoms with Crippen molar-refractivity contribution >= 4 is 40.1 Å². The lowest BCUT2D eigenvalue weighted by atomic mass is 10.0. The maximum atomic E-state index is 12.0. The van der Waals surface area contributed by atoms with Crippen LogP contribution in [0.2, 0.25) is 0 Å². The minimum Gasteiger partial charge on any atom is -0.444 e. The molecule has 0 unspecified atom stereocenters. The van der Waals surface area contributed by atoms with Gasteiger partial charge in [0.1, 0.15) is 6.61 Å². The van der Waals surface area contributed by atoms with Gasteiger partial charge in [0.2, 0.25) is 0 Å². The zero-order valence-corrected chi connectivity index (χ0v) is 12.8. The summed E-state index contributed by atoms with van der Waals surface area (Å²) in [5.41, 5.74) is 2.06. The Morgan fingerprint density at radius 1 is 1.32 bits per heavy atom. The number of hydrogen-bond donors (Lipinski definition) is 1. The van der Waals surface area contributed by atoms with Crippen molar-refractivity contribution < 1.29 is 9.53 Å². The van der Waals surface area contributed by atoms with Crippen LogP contribution in [0.4, 0.5) is 10.5 Å². The van der Waals surface area contributed by atoms with Crippen LogP contribution in [-0.2, 0) is 11.3 Å². The van der Waals surface area contributed by atoms with Crippen LogP contribution < -0.4 is 10.2 Å². The van der Waals surface area contributed by atoms with Crippen LogP contribution in [0.3, 0.4) is 0 Å². The van der Waals surface area contributed by atoms with E-state index in [1.807, 2.05) is 23.1 Å². The number of benzene rings is 1. The summed E-state index contributed by atoms with van der Waals surface area (Å²) < 4.78 is 6.29. The monoisotopic (exact) mass is 346 g/mol. The molecule has 1 saturated heterocycles. The van der Waals surface area contributed by atoms with Crippen LogP contribution in [0.1, 0.15) is 18.4 Å². The summed E-state index contributed by atoms with van der Waals surface area (Å²) in [6.45, 7) is 2.27. The molecule has 0 saturated carbocycles. The van der Waals surface area contributed by atoms with Crippen LogP contribution in [0, 0.1) is 0 Å². The lowest BCUT2D eigenvalue weighted by Gasteiger charge is -2.37. The van der Waals surface area contributed by atoms with Crippen LogP contribution in [0.5, 0.6) is 0 Å². The first-order valence-corrected chi connectivity index (χ1v) is 7.01. The number of halogens is 2. The zero-order valence-electron chi connectivity index (χ0n) is 10.4. The molecule has 1 N–H and O–H groups in total. The van der Waals surface area contributed by atoms with E-state index in [2.05, 4.69) is 21.2 Å². The number of ether oxygens (including phenoxy) is 1. The summed E-state index contributed by atoms with van der Waals surface area (Å²) in [6.07, 6.45) is 1.73. The topological polar surface area (TPSA) is 41.6 Å². The SMILES string of the molecule is Cl.O=C1OCc2c(Br)cccc2N1C1CCNCC1. The molecule has 0 aromatic heterocycles. The molecular weight excluding hydrogens is 332 g/mol. The number of piperidine rings is 1. The molecule has 0 bridgehead atoms. The van der Waals surface area contributed by atoms with E-state index in [4.69, 9.17) is 4.74 Å². The minimum absolute atomic E-state index is 0. The highest BCUT2D eigenvalue weighted by Gasteiger charge is 2.33. The molecule has 0 atom stereocenters. The van der Waals surface area contributed by atoms with Crippen molar-refractivity contribution in [3.05, 3.63) is 28.2 Å². The third kappa shape index (κ3) is 2.73. The first kappa shape index (κ1) is 14.6. The van der Waals surface area contributed by atoms with Gasteiger partial charge in [0.05, 0.1) is 5.69 Å². The number of carbonyl (C=O) groups excluding carboxylic acids is 1. The Bertz CT molecular complexity index is 478. The predicted octanol–water partition coefficient (Wildman–Crippen LogP) is 3.08. The lowest BCUT2D eigenvalue weighted by molar-refractivity contribution is 0.137. The van der Waals surface area contributed by atoms with E-state index in [0.29, 0.717) is 6.61 Å². The zero-order chi connectivity index (χ0) is 12.5. The third-order valence-corrected chi connectivity index (χ3v) is 4.31. The van der Waals surface area contributed by atoms with Gasteiger partial charge in [-0.2, -0.15) is 0 Å². The summed E-state index contributed by atoms with van der Waals surface area (Å²) in [7, 11) is 0. The quantitative estimate of drug-likeness (QED) is 0.849. The van der Waals surface area contributed by atoms with Gasteiger partial charge >= 0.3 is 6.09 Å². The van der Waals surface area contributed by atoms with Crippen LogP contribution in [0.15, 0.2) is 22.7 Å². The van der Waals surface area contributed by atoms with Crippen molar-refractivity contribution in [1.29, 1.82) is 0 Å². The number of rotatable bonds is 1. The number of hydrogen-bond acceptors (Lipinski definition) is 3. The smallest absolute Gasteiger partial charge is 0.414 e. The van der Waals surface area contributed by atoms with E-state index in [-0.39, 0.29) is 24.5 Å². The van der Waals surface area contributed by atoms with E-state index < -0.39 is 0 Å². The molecule has 1 aromatic carbocycles. The lowest BCUT2D eigenvalue weighted by Crippen LogP contribution is -2.48. The average molecular weight is 348 g/mol. The second kappa shape index (κ2) is 6.11. The molecule has 1 amide bonds. The van der Waals surface area contributed by atoms with Gasteiger partial charge in [-0.05, 0) is 38.1 Å². The first-order chi connectivity index (χ1) is 8.77. The van der Waals surface area contributed by atoms with Crippen molar-refractivity contribution in [2.45, 2.75) is 25.5 Å². The molecule has 3 rings (SSSR count). The summed E-state index contributed by atoms with van der Waals surface area (Å²) >= 11 is 3.52. The normalized spacial score (nSPS) is 19.4. The maximum absolute atomic E-state index is 12.0. The van der Waals surface area contributed by atoms with Crippen molar-refractivity contribution in [3.8, 4) is 0 Å². The highest BCUT2D eigenvalue weighted by atomic mass is 79.9. The number of nitrogens with zero attached hydrogens (tertiary/aromatic N) is 1. The van der Waals surface area contributed by atoms with Gasteiger partial charge in [-0.1, -0.05) is 22.0 Å². The Labute approximate surface area is 127 Å². The first-order valence-electron chi connectivity index (χ1n) is 6.21. The summed E-state index contributed by atoms with van der Waals surface area (Å²) in [5.74, 6) is 0. The van der Waals surface area contributed by atoms with Gasteiger partial charge in [0.25, 0.3) is 0 Å². The van der Waals surface area contributed by atoms with E-state index >= 15 is 0 Å². The van der Waals surface area contributed by atoms with Gasteiger partial charge in [-0.15, -0.1) is 12.4 Å². The minimum atomic E-state index is -0.215. The molecule has 104 valence electrons. The van der Waals surface area contributed by atoms with Crippen molar-refractivity contribution in [3.63, 3.8) is 0 Å². The molecule has 6 heteroatoms. The number of amides is 1. The predicted molar refractivity (Wildman–Crippen MR) is 79.9 cm³/mol. The van der Waals surface area contributed by atoms with E-state index in [1.54, 1.807) is 0 Å². The van der Waals surface area contributed by atoms with Gasteiger partial charge in [-0.25, -0.2) is 4.79 Å². The van der Waals surface area contributed by atoms with Crippen molar-refractivity contribution in [2.75, 3.05) is 18.0 Å². The van der Waals surface area contributed by atoms with E-state index in [9.17, 15) is 4.79 Å². The van der Waals surface area contributed by atoms with Crippen molar-refractivity contribution in [2.24, 2.45) is 0 Å². The van der Waals surface area contributed by atoms with Gasteiger partial charge in [0, 0.05) is 16.1 Å². The Morgan fingerprint density at radius 3 is 2.79 bits per heavy atom. The number of cyclic esters (lactones) is 1. The Kier molecular flexibility index (Phi) is 4.71. The molecule has 2 aliphatic heterocycles. The van der Waals surface area contributed by atoms with Gasteiger partial charge in [-0.3, -0.25) is 4.90 Å². The van der Waals surface area contributed by atoms with Gasteiger partial charge < -0.3 is 10.1 Å². The molecule has 0 aliphatic carbocycles. The van der Waals surface area contributed by atoms with Crippen LogP contribution in [-0.4, -0.2) is 25.2 Å². The summed E-state index contributed by atoms with van der Waals surface area (Å²) in [4.78, 5) is 13.9. The fourth-order valence-electron chi connectivity index (χ4n) is 2.63. The molecule has 2 aliphatic rings. The highest BCUT2D eigenvalue weighted by molar-refractivity contribution is 9.10. The van der Waals surface area contributed by atoms with E-state index in [1.165, 1.54) is 0 Å². The van der Waals surface area contributed by atoms with Gasteiger partial charge in [0.15, 0.2) is 0 Å². The number of anilines is 1. The Morgan fingerprint density at radius 2 is 2.05 bits per heavy atom. The van der Waals surface area contributed by atoms with Crippen LogP contribution in [0.25, 0.3) is 0 Å². The third-order valence-electron chi connectivity index (χ3n) is 3.56. The summed E-state index contributed by atoms with van der Waals surface area (Å²) in [6, 6.07) is 6.20. The highest BCUT2D eigenvalue weighted by Crippen LogP contribution is 2.35. The van der Waals surface area contributed by atoms with E-state index in [0.717, 1.165) is 41.7 Å². The average Bonchev–Trinajstić information content (AvgIpc) is 2.40. The largest absolute Gasteiger partial charge is 0.444 e. The van der Waals surface area contributed by atoms with Crippen molar-refractivity contribution in [1.82, 2.24) is 5.32 Å². The molecule has 2 heterocycles. The standard InChI is InChI=1S/C13H15BrN2O2.ClH/c14-11-2-1-3-12-10(11)8-18-13(17)16(12)9-4-6-15-7-5-9;/h1-3,9,15H,4-8H2;1H. The Balaban J connectivity index is 0.00000133. The fourth-order valence-corrected chi connectivity index (χ4v) is 3.10. The number of fused-ring (bicyclic) bond motifs is 1. The second-order valence-electron chi connectivity index (χ2n) is 4.64. The molecule has 19 heavy (non-hydrogen) atoms.